The van der Waals surface area contributed by atoms with E-state index in [1.54, 1.807) is 31.3 Å². The molecule has 0 amide bonds. The average molecular weight is 633 g/mol. The Morgan fingerprint density at radius 2 is 1.93 bits per heavy atom. The molecule has 4 aromatic rings. The summed E-state index contributed by atoms with van der Waals surface area (Å²) in [4.78, 5) is 23.2. The number of pyridine rings is 1. The van der Waals surface area contributed by atoms with Crippen LogP contribution < -0.4 is 9.47 Å². The quantitative estimate of drug-likeness (QED) is 0.233. The summed E-state index contributed by atoms with van der Waals surface area (Å²) >= 11 is 5.98. The minimum absolute atomic E-state index is 0.104. The van der Waals surface area contributed by atoms with Gasteiger partial charge in [0.25, 0.3) is 5.79 Å². The largest absolute Gasteiger partial charge is 0.478 e. The van der Waals surface area contributed by atoms with Crippen molar-refractivity contribution in [1.29, 1.82) is 0 Å². The van der Waals surface area contributed by atoms with Crippen LogP contribution in [0.25, 0.3) is 11.3 Å². The molecule has 0 unspecified atom stereocenters. The number of halogens is 2. The minimum Gasteiger partial charge on any atom is -0.478 e. The van der Waals surface area contributed by atoms with E-state index >= 15 is 0 Å². The summed E-state index contributed by atoms with van der Waals surface area (Å²) < 4.78 is 35.4. The zero-order valence-electron chi connectivity index (χ0n) is 25.1. The number of hydrogen-bond donors (Lipinski definition) is 1. The van der Waals surface area contributed by atoms with Gasteiger partial charge in [-0.2, -0.15) is 0 Å². The van der Waals surface area contributed by atoms with Crippen molar-refractivity contribution in [1.82, 2.24) is 19.4 Å². The summed E-state index contributed by atoms with van der Waals surface area (Å²) in [5.74, 6) is -0.319. The van der Waals surface area contributed by atoms with Crippen molar-refractivity contribution in [3.63, 3.8) is 0 Å². The Hall–Kier alpha value is -3.99. The van der Waals surface area contributed by atoms with Crippen LogP contribution in [0.2, 0.25) is 5.02 Å². The van der Waals surface area contributed by atoms with Gasteiger partial charge in [-0.15, -0.1) is 0 Å². The van der Waals surface area contributed by atoms with E-state index in [0.29, 0.717) is 35.2 Å². The third-order valence-electron chi connectivity index (χ3n) is 9.08. The number of carboxylic acids is 1. The zero-order chi connectivity index (χ0) is 31.3. The summed E-state index contributed by atoms with van der Waals surface area (Å²) in [5, 5.41) is 9.86. The Bertz CT molecular complexity index is 1770. The van der Waals surface area contributed by atoms with Gasteiger partial charge < -0.3 is 23.9 Å². The second-order valence-electron chi connectivity index (χ2n) is 12.1. The minimum atomic E-state index is -1.29. The number of imidazole rings is 1. The molecule has 2 saturated heterocycles. The standard InChI is InChI=1S/C34H34ClFN4O5/c1-20-31(22-14-23(33(41)42)17-37-16-22)40(18-25-10-13-43-25)30(38-20)19-39-11-8-21(9-12-39)26-4-3-5-29-32(26)45-34(2,44-29)27-7-6-24(35)15-28(27)36/h3-7,14-17,21,25H,8-13,18-19H2,1-2H3,(H,41,42)/t25-,34-/m0/s1. The maximum absolute atomic E-state index is 14.9. The average Bonchev–Trinajstić information content (AvgIpc) is 3.50. The molecule has 45 heavy (non-hydrogen) atoms. The third-order valence-corrected chi connectivity index (χ3v) is 9.32. The fourth-order valence-electron chi connectivity index (χ4n) is 6.67. The van der Waals surface area contributed by atoms with Crippen LogP contribution in [0.5, 0.6) is 11.5 Å². The molecule has 2 fully saturated rings. The second-order valence-corrected chi connectivity index (χ2v) is 12.6. The number of nitrogens with zero attached hydrogens (tertiary/aromatic N) is 4. The van der Waals surface area contributed by atoms with Crippen molar-refractivity contribution in [3.8, 4) is 22.8 Å². The van der Waals surface area contributed by atoms with Crippen LogP contribution in [-0.2, 0) is 23.6 Å². The molecule has 3 aliphatic rings. The van der Waals surface area contributed by atoms with Gasteiger partial charge in [0.1, 0.15) is 11.6 Å². The Morgan fingerprint density at radius 3 is 2.64 bits per heavy atom. The number of fused-ring (bicyclic) bond motifs is 1. The lowest BCUT2D eigenvalue weighted by Crippen LogP contribution is -2.35. The van der Waals surface area contributed by atoms with E-state index in [4.69, 9.17) is 30.8 Å². The topological polar surface area (TPSA) is 98.9 Å². The summed E-state index contributed by atoms with van der Waals surface area (Å²) in [5.41, 5.74) is 3.95. The number of piperidine rings is 1. The van der Waals surface area contributed by atoms with E-state index in [0.717, 1.165) is 67.3 Å². The van der Waals surface area contributed by atoms with Crippen molar-refractivity contribution < 1.29 is 28.5 Å². The van der Waals surface area contributed by atoms with Gasteiger partial charge in [0.05, 0.1) is 41.7 Å². The first-order chi connectivity index (χ1) is 21.7. The first kappa shape index (κ1) is 29.7. The van der Waals surface area contributed by atoms with Crippen LogP contribution in [-0.4, -0.2) is 56.3 Å². The molecule has 2 atom stereocenters. The molecule has 0 saturated carbocycles. The predicted octanol–water partition coefficient (Wildman–Crippen LogP) is 6.56. The Balaban J connectivity index is 1.08. The van der Waals surface area contributed by atoms with E-state index in [1.807, 2.05) is 19.1 Å². The Labute approximate surface area is 265 Å². The number of carboxylic acid groups (broad SMARTS) is 1. The van der Waals surface area contributed by atoms with Gasteiger partial charge in [0, 0.05) is 42.1 Å². The normalized spacial score (nSPS) is 21.6. The number of benzene rings is 2. The number of aromatic carboxylic acids is 1. The molecule has 0 radical (unpaired) electrons. The van der Waals surface area contributed by atoms with Gasteiger partial charge >= 0.3 is 5.97 Å². The van der Waals surface area contributed by atoms with Crippen molar-refractivity contribution in [2.45, 2.75) is 64.0 Å². The van der Waals surface area contributed by atoms with E-state index in [-0.39, 0.29) is 17.6 Å². The van der Waals surface area contributed by atoms with Gasteiger partial charge in [0.2, 0.25) is 0 Å². The number of para-hydroxylation sites is 1. The number of carbonyl (C=O) groups is 1. The fraction of sp³-hybridized carbons (Fsp3) is 0.382. The smallest absolute Gasteiger partial charge is 0.337 e. The van der Waals surface area contributed by atoms with Gasteiger partial charge in [-0.25, -0.2) is 14.2 Å². The third kappa shape index (κ3) is 5.67. The van der Waals surface area contributed by atoms with Crippen LogP contribution >= 0.6 is 11.6 Å². The van der Waals surface area contributed by atoms with E-state index in [2.05, 4.69) is 20.5 Å². The molecule has 11 heteroatoms. The summed E-state index contributed by atoms with van der Waals surface area (Å²) in [6.45, 7) is 7.46. The van der Waals surface area contributed by atoms with Gasteiger partial charge in [-0.05, 0) is 75.5 Å². The van der Waals surface area contributed by atoms with Crippen molar-refractivity contribution >= 4 is 17.6 Å². The van der Waals surface area contributed by atoms with Crippen LogP contribution in [0.3, 0.4) is 0 Å². The monoisotopic (exact) mass is 632 g/mol. The molecule has 2 aromatic heterocycles. The molecular weight excluding hydrogens is 599 g/mol. The second kappa shape index (κ2) is 11.7. The molecule has 0 aliphatic carbocycles. The number of aryl methyl sites for hydroxylation is 1. The molecule has 5 heterocycles. The van der Waals surface area contributed by atoms with Crippen molar-refractivity contribution in [2.24, 2.45) is 0 Å². The lowest BCUT2D eigenvalue weighted by Gasteiger charge is -2.33. The molecule has 7 rings (SSSR count). The van der Waals surface area contributed by atoms with Crippen molar-refractivity contribution in [3.05, 3.63) is 93.9 Å². The highest BCUT2D eigenvalue weighted by Gasteiger charge is 2.43. The zero-order valence-corrected chi connectivity index (χ0v) is 25.9. The maximum atomic E-state index is 14.9. The summed E-state index contributed by atoms with van der Waals surface area (Å²) in [7, 11) is 0. The lowest BCUT2D eigenvalue weighted by atomic mass is 9.88. The highest BCUT2D eigenvalue weighted by atomic mass is 35.5. The molecule has 0 spiro atoms. The van der Waals surface area contributed by atoms with Crippen LogP contribution in [0.4, 0.5) is 4.39 Å². The first-order valence-corrected chi connectivity index (χ1v) is 15.6. The van der Waals surface area contributed by atoms with E-state index in [1.165, 1.54) is 12.3 Å². The highest BCUT2D eigenvalue weighted by Crippen LogP contribution is 2.50. The first-order valence-electron chi connectivity index (χ1n) is 15.2. The molecule has 9 nitrogen and oxygen atoms in total. The lowest BCUT2D eigenvalue weighted by molar-refractivity contribution is -0.0712. The van der Waals surface area contributed by atoms with Crippen LogP contribution in [0.1, 0.15) is 65.1 Å². The number of likely N-dealkylation sites (tertiary alicyclic amines) is 1. The number of hydrogen-bond acceptors (Lipinski definition) is 7. The highest BCUT2D eigenvalue weighted by molar-refractivity contribution is 6.30. The molecular formula is C34H34ClFN4O5. The summed E-state index contributed by atoms with van der Waals surface area (Å²) in [6, 6.07) is 12.1. The maximum Gasteiger partial charge on any atom is 0.337 e. The molecule has 1 N–H and O–H groups in total. The van der Waals surface area contributed by atoms with Crippen molar-refractivity contribution in [2.75, 3.05) is 19.7 Å². The Kier molecular flexibility index (Phi) is 7.75. The molecule has 2 aromatic carbocycles. The molecule has 234 valence electrons. The Morgan fingerprint density at radius 1 is 1.13 bits per heavy atom. The van der Waals surface area contributed by atoms with Gasteiger partial charge in [0.15, 0.2) is 11.5 Å². The van der Waals surface area contributed by atoms with E-state index in [9.17, 15) is 14.3 Å². The van der Waals surface area contributed by atoms with Crippen LogP contribution in [0, 0.1) is 12.7 Å². The summed E-state index contributed by atoms with van der Waals surface area (Å²) in [6.07, 6.45) is 5.96. The van der Waals surface area contributed by atoms with Crippen LogP contribution in [0.15, 0.2) is 54.9 Å². The number of rotatable bonds is 8. The predicted molar refractivity (Wildman–Crippen MR) is 165 cm³/mol. The number of ether oxygens (including phenoxy) is 3. The fourth-order valence-corrected chi connectivity index (χ4v) is 6.83. The number of aromatic nitrogens is 3. The SMILES string of the molecule is Cc1nc(CN2CCC(c3cccc4c3O[C@@](C)(c3ccc(Cl)cc3F)O4)CC2)n(C[C@@H]2CCO2)c1-c1cncc(C(=O)O)c1. The molecule has 0 bridgehead atoms. The van der Waals surface area contributed by atoms with E-state index < -0.39 is 17.6 Å². The molecule has 3 aliphatic heterocycles. The van der Waals surface area contributed by atoms with Gasteiger partial charge in [-0.1, -0.05) is 23.7 Å². The van der Waals surface area contributed by atoms with Gasteiger partial charge in [-0.3, -0.25) is 9.88 Å².